The summed E-state index contributed by atoms with van der Waals surface area (Å²) in [4.78, 5) is 55.8. The van der Waals surface area contributed by atoms with E-state index in [2.05, 4.69) is 12.1 Å². The van der Waals surface area contributed by atoms with Crippen LogP contribution >= 0.6 is 0 Å². The molecule has 0 aliphatic heterocycles. The highest BCUT2D eigenvalue weighted by molar-refractivity contribution is 6.13. The number of carbonyl (C=O) groups is 4. The second kappa shape index (κ2) is 19.1. The molecule has 8 rings (SSSR count). The summed E-state index contributed by atoms with van der Waals surface area (Å²) >= 11 is 0. The van der Waals surface area contributed by atoms with Crippen LogP contribution in [0.5, 0.6) is 23.0 Å². The Morgan fingerprint density at radius 2 is 0.903 bits per heavy atom. The fraction of sp³-hybridized carbons (Fsp3) is 0.310. The van der Waals surface area contributed by atoms with Crippen molar-refractivity contribution in [3.63, 3.8) is 0 Å². The molecule has 0 saturated heterocycles. The number of alkyl halides is 6. The second-order valence-corrected chi connectivity index (χ2v) is 19.0. The van der Waals surface area contributed by atoms with Gasteiger partial charge in [-0.15, -0.1) is 0 Å². The number of halogens is 6. The van der Waals surface area contributed by atoms with Gasteiger partial charge >= 0.3 is 12.4 Å². The van der Waals surface area contributed by atoms with Gasteiger partial charge in [-0.3, -0.25) is 19.2 Å². The maximum atomic E-state index is 15.4. The molecule has 0 amide bonds. The molecule has 374 valence electrons. The molecule has 14 heteroatoms. The first-order valence-electron chi connectivity index (χ1n) is 23.4. The van der Waals surface area contributed by atoms with Crippen molar-refractivity contribution in [2.24, 2.45) is 11.8 Å². The first-order valence-corrected chi connectivity index (χ1v) is 23.4. The Morgan fingerprint density at radius 3 is 1.31 bits per heavy atom. The van der Waals surface area contributed by atoms with Crippen LogP contribution in [0.4, 0.5) is 26.3 Å². The number of methoxy groups -OCH3 is 2. The molecule has 0 aromatic heterocycles. The van der Waals surface area contributed by atoms with Gasteiger partial charge < -0.3 is 18.9 Å². The van der Waals surface area contributed by atoms with Gasteiger partial charge in [-0.25, -0.2) is 0 Å². The zero-order chi connectivity index (χ0) is 52.0. The molecule has 5 atom stereocenters. The molecule has 6 aromatic rings. The van der Waals surface area contributed by atoms with Crippen LogP contribution in [0.1, 0.15) is 117 Å². The minimum Gasteiger partial charge on any atom is -0.497 e. The van der Waals surface area contributed by atoms with Gasteiger partial charge in [0.25, 0.3) is 0 Å². The Hall–Kier alpha value is -7.22. The molecule has 8 nitrogen and oxygen atoms in total. The standard InChI is InChI=1S/C58H52F6O8/c1-35(65)38-11-13-39(14-12-38)51(67)53(3,71-50-30-22-45(23-31-50)56(57(59,60)61,58(62,63)64)44-20-26-48(70-6)27-21-44)54(4,52(68)41-9-7-8-40(33-41)36(2)66)72-49-28-18-43(19-29-49)55(34-37-10-15-46(55)32-37)42-16-24-47(69-5)25-17-42/h7-9,11-14,16-31,33,37,46H,10,15,32,34H2,1-6H3. The summed E-state index contributed by atoms with van der Waals surface area (Å²) in [6, 6.07) is 32.7. The molecule has 72 heavy (non-hydrogen) atoms. The Kier molecular flexibility index (Phi) is 13.6. The van der Waals surface area contributed by atoms with E-state index in [4.69, 9.17) is 18.9 Å². The number of ether oxygens (including phenoxy) is 4. The van der Waals surface area contributed by atoms with E-state index in [0.717, 1.165) is 61.1 Å². The molecule has 2 fully saturated rings. The van der Waals surface area contributed by atoms with E-state index in [-0.39, 0.29) is 50.7 Å². The average molecular weight is 991 g/mol. The fourth-order valence-corrected chi connectivity index (χ4v) is 11.0. The SMILES string of the molecule is COc1ccc(C2(c3ccc(OC(C)(C(=O)c4cccc(C(C)=O)c4)C(C)(Oc4ccc(C(c5ccc(OC)cc5)(C(F)(F)F)C(F)(F)F)cc4)C(=O)c4ccc(C(C)=O)cc4)cc3)CC3CCC2C3)cc1. The summed E-state index contributed by atoms with van der Waals surface area (Å²) in [5.74, 6) is -1.16. The summed E-state index contributed by atoms with van der Waals surface area (Å²) in [6.07, 6.45) is -7.74. The highest BCUT2D eigenvalue weighted by atomic mass is 19.4. The lowest BCUT2D eigenvalue weighted by Gasteiger charge is -2.44. The van der Waals surface area contributed by atoms with E-state index >= 15 is 35.9 Å². The van der Waals surface area contributed by atoms with Crippen LogP contribution in [0.25, 0.3) is 0 Å². The van der Waals surface area contributed by atoms with Crippen molar-refractivity contribution in [3.8, 4) is 23.0 Å². The molecular formula is C58H52F6O8. The first kappa shape index (κ1) is 51.1. The Balaban J connectivity index is 1.28. The minimum absolute atomic E-state index is 0.0301. The molecule has 0 heterocycles. The molecule has 2 saturated carbocycles. The number of hydrogen-bond donors (Lipinski definition) is 0. The number of fused-ring (bicyclic) bond motifs is 2. The third-order valence-corrected chi connectivity index (χ3v) is 15.0. The van der Waals surface area contributed by atoms with Crippen molar-refractivity contribution in [3.05, 3.63) is 190 Å². The predicted molar refractivity (Wildman–Crippen MR) is 258 cm³/mol. The number of Topliss-reactive ketones (excluding diaryl/α,β-unsaturated/α-hetero) is 4. The van der Waals surface area contributed by atoms with Crippen LogP contribution in [0, 0.1) is 11.8 Å². The fourth-order valence-electron chi connectivity index (χ4n) is 11.0. The topological polar surface area (TPSA) is 105 Å². The number of hydrogen-bond acceptors (Lipinski definition) is 8. The van der Waals surface area contributed by atoms with Crippen LogP contribution in [0.15, 0.2) is 146 Å². The van der Waals surface area contributed by atoms with Gasteiger partial charge in [-0.2, -0.15) is 26.3 Å². The summed E-state index contributed by atoms with van der Waals surface area (Å²) in [6.45, 7) is 5.18. The molecule has 6 aromatic carbocycles. The Labute approximate surface area is 413 Å². The van der Waals surface area contributed by atoms with Crippen molar-refractivity contribution in [1.29, 1.82) is 0 Å². The van der Waals surface area contributed by atoms with Gasteiger partial charge in [-0.05, 0) is 136 Å². The van der Waals surface area contributed by atoms with E-state index in [9.17, 15) is 9.59 Å². The lowest BCUT2D eigenvalue weighted by Crippen LogP contribution is -2.66. The van der Waals surface area contributed by atoms with Crippen LogP contribution < -0.4 is 18.9 Å². The highest BCUT2D eigenvalue weighted by Crippen LogP contribution is 2.61. The summed E-state index contributed by atoms with van der Waals surface area (Å²) in [7, 11) is 2.82. The second-order valence-electron chi connectivity index (χ2n) is 19.0. The van der Waals surface area contributed by atoms with Crippen molar-refractivity contribution in [2.75, 3.05) is 14.2 Å². The largest absolute Gasteiger partial charge is 0.497 e. The van der Waals surface area contributed by atoms with E-state index in [1.54, 1.807) is 19.2 Å². The molecule has 0 N–H and O–H groups in total. The molecule has 0 radical (unpaired) electrons. The summed E-state index contributed by atoms with van der Waals surface area (Å²) in [5.41, 5.74) is -9.84. The van der Waals surface area contributed by atoms with E-state index in [1.807, 2.05) is 24.3 Å². The third-order valence-electron chi connectivity index (χ3n) is 15.0. The van der Waals surface area contributed by atoms with Crippen molar-refractivity contribution >= 4 is 23.1 Å². The number of rotatable bonds is 17. The first-order chi connectivity index (χ1) is 34.0. The predicted octanol–water partition coefficient (Wildman–Crippen LogP) is 13.4. The Morgan fingerprint density at radius 1 is 0.500 bits per heavy atom. The number of carbonyl (C=O) groups excluding carboxylic acids is 4. The lowest BCUT2D eigenvalue weighted by atomic mass is 9.64. The van der Waals surface area contributed by atoms with Crippen molar-refractivity contribution < 1.29 is 64.5 Å². The smallest absolute Gasteiger partial charge is 0.411 e. The molecule has 2 aliphatic carbocycles. The molecular weight excluding hydrogens is 939 g/mol. The minimum atomic E-state index is -5.92. The zero-order valence-corrected chi connectivity index (χ0v) is 40.4. The van der Waals surface area contributed by atoms with Gasteiger partial charge in [0, 0.05) is 27.7 Å². The van der Waals surface area contributed by atoms with Gasteiger partial charge in [-0.1, -0.05) is 97.4 Å². The van der Waals surface area contributed by atoms with Crippen LogP contribution in [0.2, 0.25) is 0 Å². The maximum absolute atomic E-state index is 15.4. The molecule has 5 unspecified atom stereocenters. The zero-order valence-electron chi connectivity index (χ0n) is 40.4. The highest BCUT2D eigenvalue weighted by Gasteiger charge is 2.72. The van der Waals surface area contributed by atoms with Gasteiger partial charge in [0.2, 0.25) is 28.2 Å². The normalized spacial score (nSPS) is 19.4. The van der Waals surface area contributed by atoms with Gasteiger partial charge in [0.15, 0.2) is 11.6 Å². The van der Waals surface area contributed by atoms with E-state index in [1.165, 1.54) is 83.3 Å². The molecule has 0 spiro atoms. The monoisotopic (exact) mass is 990 g/mol. The molecule has 2 aliphatic rings. The van der Waals surface area contributed by atoms with E-state index < -0.39 is 57.4 Å². The van der Waals surface area contributed by atoms with Crippen LogP contribution in [-0.2, 0) is 10.8 Å². The van der Waals surface area contributed by atoms with Gasteiger partial charge in [0.1, 0.15) is 23.0 Å². The van der Waals surface area contributed by atoms with E-state index in [0.29, 0.717) is 41.9 Å². The van der Waals surface area contributed by atoms with Crippen LogP contribution in [0.3, 0.4) is 0 Å². The average Bonchev–Trinajstić information content (AvgIpc) is 3.99. The Bertz CT molecular complexity index is 2970. The summed E-state index contributed by atoms with van der Waals surface area (Å²) in [5, 5.41) is 0. The number of benzene rings is 6. The maximum Gasteiger partial charge on any atom is 0.411 e. The van der Waals surface area contributed by atoms with Crippen LogP contribution in [-0.4, -0.2) is 60.9 Å². The van der Waals surface area contributed by atoms with Crippen molar-refractivity contribution in [2.45, 2.75) is 87.8 Å². The molecule has 2 bridgehead atoms. The summed E-state index contributed by atoms with van der Waals surface area (Å²) < 4.78 is 115. The third kappa shape index (κ3) is 8.72. The quantitative estimate of drug-likeness (QED) is 0.0657. The number of ketones is 4. The lowest BCUT2D eigenvalue weighted by molar-refractivity contribution is -0.288. The van der Waals surface area contributed by atoms with Gasteiger partial charge in [0.05, 0.1) is 14.2 Å². The van der Waals surface area contributed by atoms with Crippen molar-refractivity contribution in [1.82, 2.24) is 0 Å².